The predicted molar refractivity (Wildman–Crippen MR) is 143 cm³/mol. The number of carboxylic acids is 1. The van der Waals surface area contributed by atoms with Gasteiger partial charge in [0.05, 0.1) is 12.3 Å². The molecule has 0 radical (unpaired) electrons. The van der Waals surface area contributed by atoms with Crippen LogP contribution < -0.4 is 14.2 Å². The molecule has 0 atom stereocenters. The molecule has 39 heavy (non-hydrogen) atoms. The Kier molecular flexibility index (Phi) is 9.18. The minimum Gasteiger partial charge on any atom is -0.493 e. The Labute approximate surface area is 226 Å². The number of ether oxygens (including phenoxy) is 3. The molecule has 0 bridgehead atoms. The molecule has 0 fully saturated rings. The fraction of sp³-hybridized carbons (Fsp3) is 0.233. The normalized spacial score (nSPS) is 10.6. The van der Waals surface area contributed by atoms with Crippen LogP contribution in [0.5, 0.6) is 17.2 Å². The number of hydrogen-bond donors (Lipinski definition) is 1. The summed E-state index contributed by atoms with van der Waals surface area (Å²) in [5, 5.41) is 9.32. The second-order valence-electron chi connectivity index (χ2n) is 8.84. The maximum Gasteiger partial charge on any atom is 0.416 e. The lowest BCUT2D eigenvalue weighted by Crippen LogP contribution is -2.37. The number of rotatable bonds is 12. The van der Waals surface area contributed by atoms with E-state index in [2.05, 4.69) is 4.98 Å². The molecule has 1 aromatic heterocycles. The van der Waals surface area contributed by atoms with E-state index in [0.29, 0.717) is 37.0 Å². The number of carbonyl (C=O) groups excluding carboxylic acids is 1. The summed E-state index contributed by atoms with van der Waals surface area (Å²) in [6.07, 6.45) is -0.155. The van der Waals surface area contributed by atoms with Crippen LogP contribution >= 0.6 is 0 Å². The van der Waals surface area contributed by atoms with Crippen LogP contribution in [0.4, 0.5) is 4.79 Å². The standard InChI is InChI=1S/C30H30N2O7/c1-21-28(31-22(2)38-21)16-17-36-25-10-8-23(9-11-25)18-32(19-29(33)34)30(35)39-27-14-12-26(13-15-27)37-20-24-6-4-3-5-7-24/h3-15H,16-20H2,1-2H3,(H,33,34). The average Bonchev–Trinajstić information content (AvgIpc) is 3.25. The largest absolute Gasteiger partial charge is 0.493 e. The number of nitrogens with zero attached hydrogens (tertiary/aromatic N) is 2. The number of aryl methyl sites for hydroxylation is 2. The van der Waals surface area contributed by atoms with Crippen LogP contribution in [0.3, 0.4) is 0 Å². The number of hydrogen-bond acceptors (Lipinski definition) is 7. The van der Waals surface area contributed by atoms with E-state index in [1.54, 1.807) is 55.5 Å². The molecule has 9 nitrogen and oxygen atoms in total. The van der Waals surface area contributed by atoms with Gasteiger partial charge in [0.1, 0.15) is 36.2 Å². The summed E-state index contributed by atoms with van der Waals surface area (Å²) in [7, 11) is 0. The van der Waals surface area contributed by atoms with E-state index >= 15 is 0 Å². The molecule has 202 valence electrons. The summed E-state index contributed by atoms with van der Waals surface area (Å²) >= 11 is 0. The molecular weight excluding hydrogens is 500 g/mol. The smallest absolute Gasteiger partial charge is 0.416 e. The first-order valence-corrected chi connectivity index (χ1v) is 12.5. The Hall–Kier alpha value is -4.79. The van der Waals surface area contributed by atoms with E-state index < -0.39 is 18.6 Å². The highest BCUT2D eigenvalue weighted by molar-refractivity contribution is 5.78. The molecule has 4 aromatic rings. The van der Waals surface area contributed by atoms with Gasteiger partial charge in [0.15, 0.2) is 5.89 Å². The van der Waals surface area contributed by atoms with Gasteiger partial charge < -0.3 is 23.7 Å². The Bertz CT molecular complexity index is 1370. The highest BCUT2D eigenvalue weighted by Gasteiger charge is 2.20. The molecule has 0 unspecified atom stereocenters. The van der Waals surface area contributed by atoms with Crippen molar-refractivity contribution in [2.45, 2.75) is 33.4 Å². The van der Waals surface area contributed by atoms with Crippen LogP contribution in [0.15, 0.2) is 83.3 Å². The van der Waals surface area contributed by atoms with E-state index in [1.807, 2.05) is 37.3 Å². The first-order chi connectivity index (χ1) is 18.9. The minimum absolute atomic E-state index is 0.0566. The van der Waals surface area contributed by atoms with Crippen LogP contribution in [0, 0.1) is 13.8 Å². The second kappa shape index (κ2) is 13.1. The highest BCUT2D eigenvalue weighted by atomic mass is 16.6. The van der Waals surface area contributed by atoms with Crippen LogP contribution in [-0.4, -0.2) is 40.2 Å². The van der Waals surface area contributed by atoms with Crippen molar-refractivity contribution in [3.63, 3.8) is 0 Å². The third-order valence-electron chi connectivity index (χ3n) is 5.77. The summed E-state index contributed by atoms with van der Waals surface area (Å²) in [6.45, 7) is 4.07. The number of benzene rings is 3. The molecule has 9 heteroatoms. The molecule has 0 saturated heterocycles. The van der Waals surface area contributed by atoms with Crippen LogP contribution in [0.1, 0.15) is 28.5 Å². The average molecular weight is 531 g/mol. The summed E-state index contributed by atoms with van der Waals surface area (Å²) in [5.41, 5.74) is 2.63. The van der Waals surface area contributed by atoms with Crippen molar-refractivity contribution in [2.75, 3.05) is 13.2 Å². The highest BCUT2D eigenvalue weighted by Crippen LogP contribution is 2.21. The molecule has 0 aliphatic heterocycles. The molecule has 0 saturated carbocycles. The second-order valence-corrected chi connectivity index (χ2v) is 8.84. The van der Waals surface area contributed by atoms with Gasteiger partial charge >= 0.3 is 12.1 Å². The van der Waals surface area contributed by atoms with Crippen molar-refractivity contribution in [3.8, 4) is 17.2 Å². The SMILES string of the molecule is Cc1nc(CCOc2ccc(CN(CC(=O)O)C(=O)Oc3ccc(OCc4ccccc4)cc3)cc2)c(C)o1. The van der Waals surface area contributed by atoms with Crippen LogP contribution in [0.2, 0.25) is 0 Å². The topological polar surface area (TPSA) is 111 Å². The van der Waals surface area contributed by atoms with Gasteiger partial charge in [0.2, 0.25) is 0 Å². The van der Waals surface area contributed by atoms with E-state index in [9.17, 15) is 14.7 Å². The molecule has 4 rings (SSSR count). The van der Waals surface area contributed by atoms with Crippen molar-refractivity contribution < 1.29 is 33.3 Å². The third kappa shape index (κ3) is 8.36. The van der Waals surface area contributed by atoms with Crippen molar-refractivity contribution in [1.29, 1.82) is 0 Å². The monoisotopic (exact) mass is 530 g/mol. The summed E-state index contributed by atoms with van der Waals surface area (Å²) in [4.78, 5) is 29.6. The van der Waals surface area contributed by atoms with Gasteiger partial charge in [-0.2, -0.15) is 0 Å². The first kappa shape index (κ1) is 27.3. The Morgan fingerprint density at radius 1 is 0.846 bits per heavy atom. The zero-order valence-corrected chi connectivity index (χ0v) is 21.8. The Morgan fingerprint density at radius 2 is 1.49 bits per heavy atom. The van der Waals surface area contributed by atoms with Crippen LogP contribution in [-0.2, 0) is 24.4 Å². The fourth-order valence-corrected chi connectivity index (χ4v) is 3.84. The molecule has 3 aromatic carbocycles. The molecule has 1 N–H and O–H groups in total. The van der Waals surface area contributed by atoms with Crippen molar-refractivity contribution >= 4 is 12.1 Å². The fourth-order valence-electron chi connectivity index (χ4n) is 3.84. The number of aliphatic carboxylic acids is 1. The van der Waals surface area contributed by atoms with Gasteiger partial charge in [-0.1, -0.05) is 42.5 Å². The van der Waals surface area contributed by atoms with E-state index in [0.717, 1.165) is 27.5 Å². The lowest BCUT2D eigenvalue weighted by atomic mass is 10.2. The summed E-state index contributed by atoms with van der Waals surface area (Å²) < 4.78 is 22.4. The molecule has 1 heterocycles. The van der Waals surface area contributed by atoms with Gasteiger partial charge in [-0.25, -0.2) is 9.78 Å². The number of oxazole rings is 1. The molecule has 0 spiro atoms. The maximum atomic E-state index is 12.8. The van der Waals surface area contributed by atoms with E-state index in [1.165, 1.54) is 0 Å². The number of carbonyl (C=O) groups is 2. The Morgan fingerprint density at radius 3 is 2.13 bits per heavy atom. The van der Waals surface area contributed by atoms with Gasteiger partial charge in [0, 0.05) is 19.9 Å². The quantitative estimate of drug-likeness (QED) is 0.253. The zero-order valence-electron chi connectivity index (χ0n) is 21.8. The maximum absolute atomic E-state index is 12.8. The number of amides is 1. The molecular formula is C30H30N2O7. The summed E-state index contributed by atoms with van der Waals surface area (Å²) in [6, 6.07) is 23.4. The number of aromatic nitrogens is 1. The molecule has 1 amide bonds. The zero-order chi connectivity index (χ0) is 27.6. The van der Waals surface area contributed by atoms with E-state index in [-0.39, 0.29) is 12.3 Å². The van der Waals surface area contributed by atoms with Crippen molar-refractivity contribution in [3.05, 3.63) is 107 Å². The minimum atomic E-state index is -1.14. The van der Waals surface area contributed by atoms with Gasteiger partial charge in [0.25, 0.3) is 0 Å². The van der Waals surface area contributed by atoms with Gasteiger partial charge in [-0.15, -0.1) is 0 Å². The van der Waals surface area contributed by atoms with E-state index in [4.69, 9.17) is 18.6 Å². The lowest BCUT2D eigenvalue weighted by Gasteiger charge is -2.20. The Balaban J connectivity index is 1.29. The van der Waals surface area contributed by atoms with Crippen molar-refractivity contribution in [2.24, 2.45) is 0 Å². The first-order valence-electron chi connectivity index (χ1n) is 12.5. The third-order valence-corrected chi connectivity index (χ3v) is 5.77. The predicted octanol–water partition coefficient (Wildman–Crippen LogP) is 5.58. The lowest BCUT2D eigenvalue weighted by molar-refractivity contribution is -0.138. The van der Waals surface area contributed by atoms with Gasteiger partial charge in [-0.05, 0) is 54.4 Å². The van der Waals surface area contributed by atoms with Crippen molar-refractivity contribution in [1.82, 2.24) is 9.88 Å². The van der Waals surface area contributed by atoms with Crippen LogP contribution in [0.25, 0.3) is 0 Å². The molecule has 0 aliphatic rings. The number of carboxylic acid groups (broad SMARTS) is 1. The molecule has 0 aliphatic carbocycles. The summed E-state index contributed by atoms with van der Waals surface area (Å²) in [5.74, 6) is 1.82. The van der Waals surface area contributed by atoms with Gasteiger partial charge in [-0.3, -0.25) is 9.69 Å².